The summed E-state index contributed by atoms with van der Waals surface area (Å²) >= 11 is 0. The maximum Gasteiger partial charge on any atom is 0.317 e. The predicted molar refractivity (Wildman–Crippen MR) is 71.1 cm³/mol. The van der Waals surface area contributed by atoms with Crippen molar-refractivity contribution in [2.75, 3.05) is 5.32 Å². The molecule has 2 N–H and O–H groups in total. The smallest absolute Gasteiger partial charge is 0.317 e. The highest BCUT2D eigenvalue weighted by Gasteiger charge is 2.24. The van der Waals surface area contributed by atoms with Gasteiger partial charge < -0.3 is 10.4 Å². The maximum absolute atomic E-state index is 11.0. The van der Waals surface area contributed by atoms with Crippen LogP contribution in [0.4, 0.5) is 22.7 Å². The number of hydrogen-bond acceptors (Lipinski definition) is 6. The summed E-state index contributed by atoms with van der Waals surface area (Å²) in [6.45, 7) is 0. The average molecular weight is 275 g/mol. The van der Waals surface area contributed by atoms with Crippen LogP contribution >= 0.6 is 0 Å². The molecule has 8 nitrogen and oxygen atoms in total. The molecule has 8 heteroatoms. The molecule has 0 fully saturated rings. The van der Waals surface area contributed by atoms with Gasteiger partial charge in [0.2, 0.25) is 0 Å². The van der Waals surface area contributed by atoms with Crippen LogP contribution in [0.2, 0.25) is 0 Å². The van der Waals surface area contributed by atoms with E-state index in [2.05, 4.69) is 5.32 Å². The molecule has 0 aromatic heterocycles. The van der Waals surface area contributed by atoms with Gasteiger partial charge in [-0.05, 0) is 12.1 Å². The fourth-order valence-electron chi connectivity index (χ4n) is 1.64. The summed E-state index contributed by atoms with van der Waals surface area (Å²) in [5, 5.41) is 33.9. The van der Waals surface area contributed by atoms with E-state index < -0.39 is 27.0 Å². The molecule has 0 aliphatic rings. The molecule has 2 rings (SSSR count). The van der Waals surface area contributed by atoms with E-state index in [4.69, 9.17) is 0 Å². The zero-order valence-corrected chi connectivity index (χ0v) is 10.0. The van der Waals surface area contributed by atoms with Crippen molar-refractivity contribution in [3.8, 4) is 5.75 Å². The highest BCUT2D eigenvalue weighted by molar-refractivity contribution is 5.74. The van der Waals surface area contributed by atoms with Crippen LogP contribution in [0, 0.1) is 20.2 Å². The van der Waals surface area contributed by atoms with Crippen LogP contribution in [-0.2, 0) is 0 Å². The quantitative estimate of drug-likeness (QED) is 0.654. The molecule has 0 aliphatic carbocycles. The van der Waals surface area contributed by atoms with Gasteiger partial charge in [0.05, 0.1) is 15.9 Å². The minimum atomic E-state index is -0.880. The molecule has 0 aliphatic heterocycles. The van der Waals surface area contributed by atoms with E-state index in [0.29, 0.717) is 5.69 Å². The second kappa shape index (κ2) is 5.22. The van der Waals surface area contributed by atoms with E-state index >= 15 is 0 Å². The number of hydrogen-bond donors (Lipinski definition) is 2. The first kappa shape index (κ1) is 13.3. The Bertz CT molecular complexity index is 672. The predicted octanol–water partition coefficient (Wildman–Crippen LogP) is 2.95. The molecule has 102 valence electrons. The Hall–Kier alpha value is -3.16. The second-order valence-electron chi connectivity index (χ2n) is 3.86. The fraction of sp³-hybridized carbons (Fsp3) is 0. The number of nitro benzene ring substituents is 2. The van der Waals surface area contributed by atoms with Gasteiger partial charge in [0.15, 0.2) is 5.75 Å². The Labute approximate surface area is 112 Å². The Morgan fingerprint density at radius 1 is 0.950 bits per heavy atom. The highest BCUT2D eigenvalue weighted by Crippen LogP contribution is 2.37. The molecule has 0 unspecified atom stereocenters. The number of nitrogens with zero attached hydrogens (tertiary/aromatic N) is 2. The molecule has 0 amide bonds. The number of rotatable bonds is 4. The molecule has 0 saturated carbocycles. The van der Waals surface area contributed by atoms with Crippen molar-refractivity contribution in [3.63, 3.8) is 0 Å². The van der Waals surface area contributed by atoms with E-state index in [-0.39, 0.29) is 5.69 Å². The third-order valence-electron chi connectivity index (χ3n) is 2.54. The van der Waals surface area contributed by atoms with Crippen LogP contribution in [0.5, 0.6) is 5.75 Å². The maximum atomic E-state index is 11.0. The molecule has 0 heterocycles. The van der Waals surface area contributed by atoms with Gasteiger partial charge in [0, 0.05) is 11.8 Å². The van der Waals surface area contributed by atoms with Crippen molar-refractivity contribution in [1.29, 1.82) is 0 Å². The van der Waals surface area contributed by atoms with E-state index in [1.807, 2.05) is 0 Å². The van der Waals surface area contributed by atoms with Crippen LogP contribution in [0.1, 0.15) is 0 Å². The zero-order chi connectivity index (χ0) is 14.7. The Morgan fingerprint density at radius 3 is 2.10 bits per heavy atom. The lowest BCUT2D eigenvalue weighted by atomic mass is 10.2. The molecule has 20 heavy (non-hydrogen) atoms. The van der Waals surface area contributed by atoms with Crippen LogP contribution in [0.25, 0.3) is 0 Å². The summed E-state index contributed by atoms with van der Waals surface area (Å²) in [5.74, 6) is -0.640. The summed E-state index contributed by atoms with van der Waals surface area (Å²) < 4.78 is 0. The van der Waals surface area contributed by atoms with Gasteiger partial charge in [-0.3, -0.25) is 20.2 Å². The van der Waals surface area contributed by atoms with Crippen molar-refractivity contribution in [2.24, 2.45) is 0 Å². The van der Waals surface area contributed by atoms with Gasteiger partial charge in [-0.25, -0.2) is 0 Å². The molecule has 0 saturated heterocycles. The molecule has 2 aromatic rings. The first-order chi connectivity index (χ1) is 9.49. The van der Waals surface area contributed by atoms with Crippen LogP contribution in [0.3, 0.4) is 0 Å². The summed E-state index contributed by atoms with van der Waals surface area (Å²) in [6, 6.07) is 10.2. The largest absolute Gasteiger partial charge is 0.502 e. The topological polar surface area (TPSA) is 119 Å². The van der Waals surface area contributed by atoms with Gasteiger partial charge in [-0.2, -0.15) is 0 Å². The van der Waals surface area contributed by atoms with E-state index in [1.165, 1.54) is 0 Å². The molecular weight excluding hydrogens is 266 g/mol. The van der Waals surface area contributed by atoms with Crippen molar-refractivity contribution in [1.82, 2.24) is 0 Å². The number of aromatic hydroxyl groups is 1. The van der Waals surface area contributed by atoms with E-state index in [9.17, 15) is 25.3 Å². The monoisotopic (exact) mass is 275 g/mol. The van der Waals surface area contributed by atoms with E-state index in [0.717, 1.165) is 12.1 Å². The first-order valence-electron chi connectivity index (χ1n) is 5.47. The van der Waals surface area contributed by atoms with Crippen LogP contribution in [0.15, 0.2) is 42.5 Å². The van der Waals surface area contributed by atoms with Gasteiger partial charge in [-0.15, -0.1) is 0 Å². The lowest BCUT2D eigenvalue weighted by molar-refractivity contribution is -0.394. The second-order valence-corrected chi connectivity index (χ2v) is 3.86. The van der Waals surface area contributed by atoms with Crippen molar-refractivity contribution in [2.45, 2.75) is 0 Å². The van der Waals surface area contributed by atoms with E-state index in [1.54, 1.807) is 30.3 Å². The number of nitro groups is 2. The molecule has 0 bridgehead atoms. The Kier molecular flexibility index (Phi) is 3.47. The third-order valence-corrected chi connectivity index (χ3v) is 2.54. The molecule has 0 atom stereocenters. The summed E-state index contributed by atoms with van der Waals surface area (Å²) in [5.41, 5.74) is -0.665. The van der Waals surface area contributed by atoms with Crippen LogP contribution < -0.4 is 5.32 Å². The zero-order valence-electron chi connectivity index (χ0n) is 10.0. The summed E-state index contributed by atoms with van der Waals surface area (Å²) in [7, 11) is 0. The minimum Gasteiger partial charge on any atom is -0.502 e. The lowest BCUT2D eigenvalue weighted by Gasteiger charge is -2.07. The van der Waals surface area contributed by atoms with Gasteiger partial charge in [0.1, 0.15) is 5.69 Å². The minimum absolute atomic E-state index is 0.0238. The van der Waals surface area contributed by atoms with Gasteiger partial charge >= 0.3 is 5.69 Å². The van der Waals surface area contributed by atoms with Gasteiger partial charge in [-0.1, -0.05) is 18.2 Å². The third kappa shape index (κ3) is 2.64. The number of nitrogens with one attached hydrogen (secondary N) is 1. The number of para-hydroxylation sites is 1. The Balaban J connectivity index is 2.49. The van der Waals surface area contributed by atoms with Gasteiger partial charge in [0.25, 0.3) is 5.69 Å². The standard InChI is InChI=1S/C12H9N3O5/c16-12-6-9(13-8-4-2-1-3-5-8)10(14(17)18)7-11(12)15(19)20/h1-7,13,16H. The van der Waals surface area contributed by atoms with Crippen LogP contribution in [-0.4, -0.2) is 15.0 Å². The number of phenolic OH excluding ortho intramolecular Hbond substituents is 1. The molecule has 0 spiro atoms. The highest BCUT2D eigenvalue weighted by atomic mass is 16.6. The fourth-order valence-corrected chi connectivity index (χ4v) is 1.64. The molecule has 2 aromatic carbocycles. The average Bonchev–Trinajstić information content (AvgIpc) is 2.39. The lowest BCUT2D eigenvalue weighted by Crippen LogP contribution is -1.99. The SMILES string of the molecule is O=[N+]([O-])c1cc([N+](=O)[O-])c(Nc2ccccc2)cc1O. The molecule has 0 radical (unpaired) electrons. The first-order valence-corrected chi connectivity index (χ1v) is 5.47. The Morgan fingerprint density at radius 2 is 1.55 bits per heavy atom. The summed E-state index contributed by atoms with van der Waals surface area (Å²) in [6.07, 6.45) is 0. The number of benzene rings is 2. The van der Waals surface area contributed by atoms with Crippen molar-refractivity contribution < 1.29 is 15.0 Å². The van der Waals surface area contributed by atoms with Crippen molar-refractivity contribution >= 4 is 22.7 Å². The number of phenols is 1. The van der Waals surface area contributed by atoms with Crippen molar-refractivity contribution in [3.05, 3.63) is 62.7 Å². The normalized spacial score (nSPS) is 10.0. The molecular formula is C12H9N3O5. The summed E-state index contributed by atoms with van der Waals surface area (Å²) in [4.78, 5) is 20.0. The number of anilines is 2.